The number of ether oxygens (including phenoxy) is 1. The number of alkyl halides is 3. The quantitative estimate of drug-likeness (QED) is 0.447. The van der Waals surface area contributed by atoms with Gasteiger partial charge in [0.1, 0.15) is 5.82 Å². The van der Waals surface area contributed by atoms with E-state index in [0.717, 1.165) is 18.7 Å². The van der Waals surface area contributed by atoms with E-state index in [4.69, 9.17) is 4.74 Å². The van der Waals surface area contributed by atoms with Gasteiger partial charge in [-0.15, -0.1) is 0 Å². The fourth-order valence-corrected chi connectivity index (χ4v) is 4.17. The SMILES string of the molecule is O=C(Nc1cccc(CCCN2CCOCC2)c1C(F)(F)F)c1cccnc1NCc1ccncc1. The number of morpholine rings is 1. The maximum atomic E-state index is 14.1. The number of aromatic nitrogens is 2. The average molecular weight is 500 g/mol. The van der Waals surface area contributed by atoms with Crippen molar-refractivity contribution in [3.8, 4) is 0 Å². The van der Waals surface area contributed by atoms with Crippen molar-refractivity contribution < 1.29 is 22.7 Å². The number of nitrogens with zero attached hydrogens (tertiary/aromatic N) is 3. The lowest BCUT2D eigenvalue weighted by atomic mass is 10.00. The zero-order valence-electron chi connectivity index (χ0n) is 19.7. The standard InChI is InChI=1S/C26H28F3N5O2/c27-26(28,29)23-20(5-3-13-34-14-16-36-17-15-34)4-1-7-22(23)33-25(35)21-6-2-10-31-24(21)32-18-19-8-11-30-12-9-19/h1-2,4,6-12H,3,5,13-18H2,(H,31,32)(H,33,35). The molecule has 10 heteroatoms. The van der Waals surface area contributed by atoms with Gasteiger partial charge in [-0.2, -0.15) is 13.2 Å². The molecule has 2 aromatic heterocycles. The van der Waals surface area contributed by atoms with Gasteiger partial charge < -0.3 is 15.4 Å². The van der Waals surface area contributed by atoms with Gasteiger partial charge in [0.15, 0.2) is 0 Å². The van der Waals surface area contributed by atoms with Crippen LogP contribution in [0.3, 0.4) is 0 Å². The molecule has 1 aliphatic rings. The van der Waals surface area contributed by atoms with Crippen molar-refractivity contribution in [1.29, 1.82) is 0 Å². The van der Waals surface area contributed by atoms with E-state index in [2.05, 4.69) is 25.5 Å². The highest BCUT2D eigenvalue weighted by molar-refractivity contribution is 6.07. The number of halogens is 3. The number of pyridine rings is 2. The molecule has 4 rings (SSSR count). The molecule has 0 bridgehead atoms. The van der Waals surface area contributed by atoms with Gasteiger partial charge in [-0.25, -0.2) is 4.98 Å². The summed E-state index contributed by atoms with van der Waals surface area (Å²) in [5, 5.41) is 5.55. The van der Waals surface area contributed by atoms with E-state index in [1.807, 2.05) is 12.1 Å². The van der Waals surface area contributed by atoms with Crippen LogP contribution in [0.5, 0.6) is 0 Å². The van der Waals surface area contributed by atoms with Crippen molar-refractivity contribution in [3.05, 3.63) is 83.3 Å². The Morgan fingerprint density at radius 1 is 1.03 bits per heavy atom. The van der Waals surface area contributed by atoms with E-state index in [-0.39, 0.29) is 29.1 Å². The molecule has 1 aliphatic heterocycles. The number of carbonyl (C=O) groups is 1. The second-order valence-electron chi connectivity index (χ2n) is 8.46. The number of aryl methyl sites for hydroxylation is 1. The van der Waals surface area contributed by atoms with Gasteiger partial charge in [-0.05, 0) is 60.8 Å². The highest BCUT2D eigenvalue weighted by Gasteiger charge is 2.36. The van der Waals surface area contributed by atoms with Gasteiger partial charge in [0.2, 0.25) is 0 Å². The third-order valence-corrected chi connectivity index (χ3v) is 5.97. The third-order valence-electron chi connectivity index (χ3n) is 5.97. The minimum Gasteiger partial charge on any atom is -0.379 e. The number of benzene rings is 1. The predicted molar refractivity (Wildman–Crippen MR) is 131 cm³/mol. The van der Waals surface area contributed by atoms with Crippen molar-refractivity contribution in [2.24, 2.45) is 0 Å². The molecule has 1 amide bonds. The largest absolute Gasteiger partial charge is 0.418 e. The topological polar surface area (TPSA) is 79.4 Å². The fourth-order valence-electron chi connectivity index (χ4n) is 4.17. The zero-order valence-corrected chi connectivity index (χ0v) is 19.7. The molecule has 3 heterocycles. The van der Waals surface area contributed by atoms with Crippen LogP contribution in [0.15, 0.2) is 61.1 Å². The Kier molecular flexibility index (Phi) is 8.50. The monoisotopic (exact) mass is 499 g/mol. The number of anilines is 2. The van der Waals surface area contributed by atoms with E-state index in [1.165, 1.54) is 24.4 Å². The Hall–Kier alpha value is -3.50. The van der Waals surface area contributed by atoms with Crippen molar-refractivity contribution in [3.63, 3.8) is 0 Å². The molecule has 0 atom stereocenters. The number of rotatable bonds is 9. The van der Waals surface area contributed by atoms with Gasteiger partial charge in [0.05, 0.1) is 30.0 Å². The summed E-state index contributed by atoms with van der Waals surface area (Å²) in [5.74, 6) is -0.390. The predicted octanol–water partition coefficient (Wildman–Crippen LogP) is 4.62. The number of carbonyl (C=O) groups excluding carboxylic acids is 1. The first-order chi connectivity index (χ1) is 17.4. The zero-order chi connectivity index (χ0) is 25.4. The highest BCUT2D eigenvalue weighted by atomic mass is 19.4. The van der Waals surface area contributed by atoms with Gasteiger partial charge >= 0.3 is 6.18 Å². The number of hydrogen-bond acceptors (Lipinski definition) is 6. The van der Waals surface area contributed by atoms with Gasteiger partial charge in [0.25, 0.3) is 5.91 Å². The molecule has 0 unspecified atom stereocenters. The second kappa shape index (κ2) is 12.0. The second-order valence-corrected chi connectivity index (χ2v) is 8.46. The first kappa shape index (κ1) is 25.6. The van der Waals surface area contributed by atoms with Crippen molar-refractivity contribution in [2.45, 2.75) is 25.6 Å². The normalized spacial score (nSPS) is 14.4. The molecule has 1 saturated heterocycles. The lowest BCUT2D eigenvalue weighted by Gasteiger charge is -2.26. The number of hydrogen-bond donors (Lipinski definition) is 2. The third kappa shape index (κ3) is 6.79. The van der Waals surface area contributed by atoms with E-state index in [0.29, 0.717) is 32.7 Å². The van der Waals surface area contributed by atoms with Crippen molar-refractivity contribution in [2.75, 3.05) is 43.5 Å². The molecule has 2 N–H and O–H groups in total. The fraction of sp³-hybridized carbons (Fsp3) is 0.346. The summed E-state index contributed by atoms with van der Waals surface area (Å²) in [6.07, 6.45) is 1.02. The van der Waals surface area contributed by atoms with E-state index >= 15 is 0 Å². The maximum absolute atomic E-state index is 14.1. The smallest absolute Gasteiger partial charge is 0.379 e. The lowest BCUT2D eigenvalue weighted by molar-refractivity contribution is -0.137. The Morgan fingerprint density at radius 2 is 1.81 bits per heavy atom. The van der Waals surface area contributed by atoms with E-state index in [9.17, 15) is 18.0 Å². The summed E-state index contributed by atoms with van der Waals surface area (Å²) >= 11 is 0. The van der Waals surface area contributed by atoms with Crippen LogP contribution in [0.4, 0.5) is 24.7 Å². The van der Waals surface area contributed by atoms with Crippen LogP contribution < -0.4 is 10.6 Å². The molecule has 0 aliphatic carbocycles. The van der Waals surface area contributed by atoms with Crippen LogP contribution in [0.1, 0.15) is 33.5 Å². The Bertz CT molecular complexity index is 1150. The molecule has 3 aromatic rings. The summed E-state index contributed by atoms with van der Waals surface area (Å²) < 4.78 is 47.7. The molecule has 7 nitrogen and oxygen atoms in total. The molecule has 0 saturated carbocycles. The average Bonchev–Trinajstić information content (AvgIpc) is 2.88. The van der Waals surface area contributed by atoms with E-state index in [1.54, 1.807) is 24.5 Å². The lowest BCUT2D eigenvalue weighted by Crippen LogP contribution is -2.37. The van der Waals surface area contributed by atoms with Gasteiger partial charge in [-0.3, -0.25) is 14.7 Å². The molecular weight excluding hydrogens is 471 g/mol. The van der Waals surface area contributed by atoms with Crippen LogP contribution >= 0.6 is 0 Å². The first-order valence-corrected chi connectivity index (χ1v) is 11.8. The molecule has 0 spiro atoms. The molecule has 36 heavy (non-hydrogen) atoms. The summed E-state index contributed by atoms with van der Waals surface area (Å²) in [6, 6.07) is 11.0. The highest BCUT2D eigenvalue weighted by Crippen LogP contribution is 2.38. The Balaban J connectivity index is 1.49. The minimum atomic E-state index is -4.62. The summed E-state index contributed by atoms with van der Waals surface area (Å²) in [6.45, 7) is 3.92. The van der Waals surface area contributed by atoms with Gasteiger partial charge in [-0.1, -0.05) is 12.1 Å². The van der Waals surface area contributed by atoms with Crippen molar-refractivity contribution >= 4 is 17.4 Å². The van der Waals surface area contributed by atoms with Crippen LogP contribution in [0.2, 0.25) is 0 Å². The van der Waals surface area contributed by atoms with Crippen molar-refractivity contribution in [1.82, 2.24) is 14.9 Å². The Labute approximate surface area is 207 Å². The number of nitrogens with one attached hydrogen (secondary N) is 2. The summed E-state index contributed by atoms with van der Waals surface area (Å²) in [4.78, 5) is 23.4. The molecule has 1 aromatic carbocycles. The summed E-state index contributed by atoms with van der Waals surface area (Å²) in [5.41, 5.74) is 0.162. The number of amides is 1. The molecule has 190 valence electrons. The maximum Gasteiger partial charge on any atom is 0.418 e. The first-order valence-electron chi connectivity index (χ1n) is 11.8. The molecule has 1 fully saturated rings. The van der Waals surface area contributed by atoms with Crippen LogP contribution in [0.25, 0.3) is 0 Å². The van der Waals surface area contributed by atoms with Gasteiger partial charge in [0, 0.05) is 38.2 Å². The van der Waals surface area contributed by atoms with Crippen LogP contribution in [-0.4, -0.2) is 53.6 Å². The van der Waals surface area contributed by atoms with E-state index < -0.39 is 17.6 Å². The van der Waals surface area contributed by atoms with Crippen LogP contribution in [0, 0.1) is 0 Å². The molecule has 0 radical (unpaired) electrons. The minimum absolute atomic E-state index is 0.150. The van der Waals surface area contributed by atoms with Crippen LogP contribution in [-0.2, 0) is 23.9 Å². The summed E-state index contributed by atoms with van der Waals surface area (Å²) in [7, 11) is 0. The Morgan fingerprint density at radius 3 is 2.56 bits per heavy atom. The molecular formula is C26H28F3N5O2.